The van der Waals surface area contributed by atoms with Crippen LogP contribution in [0.2, 0.25) is 0 Å². The molecule has 0 saturated heterocycles. The van der Waals surface area contributed by atoms with Gasteiger partial charge in [-0.25, -0.2) is 9.97 Å². The molecular weight excluding hydrogens is 286 g/mol. The van der Waals surface area contributed by atoms with E-state index in [1.807, 2.05) is 36.6 Å². The number of fused-ring (bicyclic) bond motifs is 1. The number of hydrogen-bond acceptors (Lipinski definition) is 6. The lowest BCUT2D eigenvalue weighted by Gasteiger charge is -2.13. The van der Waals surface area contributed by atoms with Crippen molar-refractivity contribution >= 4 is 28.6 Å². The lowest BCUT2D eigenvalue weighted by atomic mass is 10.1. The molecule has 108 valence electrons. The van der Waals surface area contributed by atoms with Crippen molar-refractivity contribution in [2.45, 2.75) is 11.1 Å². The highest BCUT2D eigenvalue weighted by molar-refractivity contribution is 7.98. The second kappa shape index (κ2) is 6.11. The summed E-state index contributed by atoms with van der Waals surface area (Å²) in [7, 11) is 0. The van der Waals surface area contributed by atoms with Crippen LogP contribution in [0.3, 0.4) is 0 Å². The van der Waals surface area contributed by atoms with Crippen molar-refractivity contribution in [3.63, 3.8) is 0 Å². The molecule has 0 aliphatic heterocycles. The Labute approximate surface area is 126 Å². The van der Waals surface area contributed by atoms with Gasteiger partial charge in [-0.05, 0) is 11.8 Å². The van der Waals surface area contributed by atoms with Crippen LogP contribution in [0.5, 0.6) is 0 Å². The van der Waals surface area contributed by atoms with E-state index in [0.29, 0.717) is 18.0 Å². The minimum atomic E-state index is -0.596. The molecule has 3 rings (SSSR count). The van der Waals surface area contributed by atoms with Crippen molar-refractivity contribution in [1.29, 1.82) is 0 Å². The number of rotatable bonds is 5. The van der Waals surface area contributed by atoms with Crippen LogP contribution in [-0.4, -0.2) is 38.1 Å². The Morgan fingerprint density at radius 3 is 2.86 bits per heavy atom. The van der Waals surface area contributed by atoms with Crippen LogP contribution in [-0.2, 0) is 0 Å². The molecular formula is C14H15N5OS. The number of hydrogen-bond donors (Lipinski definition) is 3. The average molecular weight is 301 g/mol. The first-order valence-electron chi connectivity index (χ1n) is 6.49. The van der Waals surface area contributed by atoms with Gasteiger partial charge in [0.25, 0.3) is 0 Å². The van der Waals surface area contributed by atoms with Crippen molar-refractivity contribution in [3.05, 3.63) is 42.2 Å². The Balaban J connectivity index is 1.81. The van der Waals surface area contributed by atoms with Crippen LogP contribution in [0.15, 0.2) is 41.7 Å². The lowest BCUT2D eigenvalue weighted by Crippen LogP contribution is -2.13. The number of aromatic amines is 1. The first-order valence-corrected chi connectivity index (χ1v) is 7.72. The maximum Gasteiger partial charge on any atom is 0.161 e. The normalized spacial score (nSPS) is 12.5. The van der Waals surface area contributed by atoms with Crippen LogP contribution in [0.25, 0.3) is 11.0 Å². The minimum Gasteiger partial charge on any atom is -0.387 e. The van der Waals surface area contributed by atoms with Crippen LogP contribution in [0.4, 0.5) is 5.82 Å². The van der Waals surface area contributed by atoms with Gasteiger partial charge < -0.3 is 10.4 Å². The van der Waals surface area contributed by atoms with Gasteiger partial charge in [-0.3, -0.25) is 5.10 Å². The summed E-state index contributed by atoms with van der Waals surface area (Å²) in [4.78, 5) is 8.40. The van der Waals surface area contributed by atoms with Crippen LogP contribution in [0.1, 0.15) is 11.7 Å². The van der Waals surface area contributed by atoms with Gasteiger partial charge in [0.05, 0.1) is 11.5 Å². The van der Waals surface area contributed by atoms with E-state index in [0.717, 1.165) is 16.0 Å². The fourth-order valence-electron chi connectivity index (χ4n) is 2.10. The van der Waals surface area contributed by atoms with Gasteiger partial charge in [0.1, 0.15) is 17.2 Å². The lowest BCUT2D eigenvalue weighted by molar-refractivity contribution is 0.191. The van der Waals surface area contributed by atoms with E-state index < -0.39 is 6.10 Å². The predicted octanol–water partition coefficient (Wildman–Crippen LogP) is 2.22. The Kier molecular flexibility index (Phi) is 4.03. The summed E-state index contributed by atoms with van der Waals surface area (Å²) in [5, 5.41) is 22.1. The van der Waals surface area contributed by atoms with Gasteiger partial charge in [-0.2, -0.15) is 5.10 Å². The van der Waals surface area contributed by atoms with Gasteiger partial charge in [0.2, 0.25) is 0 Å². The molecule has 0 bridgehead atoms. The molecule has 1 unspecified atom stereocenters. The van der Waals surface area contributed by atoms with Gasteiger partial charge >= 0.3 is 0 Å². The molecule has 0 aliphatic rings. The van der Waals surface area contributed by atoms with Gasteiger partial charge in [-0.15, -0.1) is 11.8 Å². The zero-order valence-electron chi connectivity index (χ0n) is 11.4. The molecule has 0 amide bonds. The summed E-state index contributed by atoms with van der Waals surface area (Å²) >= 11 is 1.52. The van der Waals surface area contributed by atoms with Crippen LogP contribution in [0, 0.1) is 0 Å². The standard InChI is InChI=1S/C14H15N5OS/c1-21-14-11-12(16-8-17-13(11)18-19-14)15-7-10(20)9-5-3-2-4-6-9/h2-6,8,10,20H,7H2,1H3,(H2,15,16,17,18,19). The highest BCUT2D eigenvalue weighted by atomic mass is 32.2. The topological polar surface area (TPSA) is 86.7 Å². The molecule has 3 N–H and O–H groups in total. The SMILES string of the molecule is CSc1n[nH]c2ncnc(NCC(O)c3ccccc3)c12. The van der Waals surface area contributed by atoms with E-state index in [1.54, 1.807) is 0 Å². The fraction of sp³-hybridized carbons (Fsp3) is 0.214. The molecule has 1 aromatic carbocycles. The first kappa shape index (κ1) is 13.8. The van der Waals surface area contributed by atoms with Gasteiger partial charge in [0, 0.05) is 6.54 Å². The smallest absolute Gasteiger partial charge is 0.161 e. The molecule has 3 aromatic rings. The number of aromatic nitrogens is 4. The Morgan fingerprint density at radius 1 is 1.29 bits per heavy atom. The number of anilines is 1. The summed E-state index contributed by atoms with van der Waals surface area (Å²) in [6, 6.07) is 9.53. The van der Waals surface area contributed by atoms with Gasteiger partial charge in [0.15, 0.2) is 5.65 Å². The number of H-pyrrole nitrogens is 1. The van der Waals surface area contributed by atoms with Crippen molar-refractivity contribution in [2.24, 2.45) is 0 Å². The third-order valence-corrected chi connectivity index (χ3v) is 3.85. The predicted molar refractivity (Wildman–Crippen MR) is 83.4 cm³/mol. The monoisotopic (exact) mass is 301 g/mol. The summed E-state index contributed by atoms with van der Waals surface area (Å²) < 4.78 is 0. The van der Waals surface area contributed by atoms with E-state index in [1.165, 1.54) is 18.1 Å². The summed E-state index contributed by atoms with van der Waals surface area (Å²) in [6.45, 7) is 0.370. The average Bonchev–Trinajstić information content (AvgIpc) is 2.97. The van der Waals surface area contributed by atoms with Crippen molar-refractivity contribution in [2.75, 3.05) is 18.1 Å². The van der Waals surface area contributed by atoms with E-state index in [4.69, 9.17) is 0 Å². The number of benzene rings is 1. The van der Waals surface area contributed by atoms with Gasteiger partial charge in [-0.1, -0.05) is 30.3 Å². The molecule has 0 radical (unpaired) electrons. The Hall–Kier alpha value is -2.12. The minimum absolute atomic E-state index is 0.370. The molecule has 0 fully saturated rings. The van der Waals surface area contributed by atoms with Crippen LogP contribution < -0.4 is 5.32 Å². The molecule has 2 heterocycles. The summed E-state index contributed by atoms with van der Waals surface area (Å²) in [6.07, 6.45) is 2.83. The molecule has 2 aromatic heterocycles. The van der Waals surface area contributed by atoms with E-state index in [-0.39, 0.29) is 0 Å². The molecule has 1 atom stereocenters. The molecule has 0 spiro atoms. The maximum absolute atomic E-state index is 10.2. The first-order chi connectivity index (χ1) is 10.3. The number of thioether (sulfide) groups is 1. The fourth-order valence-corrected chi connectivity index (χ4v) is 2.64. The molecule has 0 saturated carbocycles. The largest absolute Gasteiger partial charge is 0.387 e. The van der Waals surface area contributed by atoms with E-state index in [2.05, 4.69) is 25.5 Å². The third-order valence-electron chi connectivity index (χ3n) is 3.17. The van der Waals surface area contributed by atoms with E-state index in [9.17, 15) is 5.11 Å². The zero-order valence-corrected chi connectivity index (χ0v) is 12.3. The molecule has 21 heavy (non-hydrogen) atoms. The third kappa shape index (κ3) is 2.84. The zero-order chi connectivity index (χ0) is 14.7. The Morgan fingerprint density at radius 2 is 2.10 bits per heavy atom. The summed E-state index contributed by atoms with van der Waals surface area (Å²) in [5.41, 5.74) is 1.55. The number of aliphatic hydroxyl groups excluding tert-OH is 1. The highest BCUT2D eigenvalue weighted by Crippen LogP contribution is 2.27. The van der Waals surface area contributed by atoms with E-state index >= 15 is 0 Å². The highest BCUT2D eigenvalue weighted by Gasteiger charge is 2.13. The van der Waals surface area contributed by atoms with Crippen molar-refractivity contribution in [3.8, 4) is 0 Å². The second-order valence-electron chi connectivity index (χ2n) is 4.49. The number of nitrogens with zero attached hydrogens (tertiary/aromatic N) is 3. The Bertz CT molecular complexity index is 731. The maximum atomic E-state index is 10.2. The van der Waals surface area contributed by atoms with Crippen LogP contribution >= 0.6 is 11.8 Å². The quantitative estimate of drug-likeness (QED) is 0.626. The number of aliphatic hydroxyl groups is 1. The van der Waals surface area contributed by atoms with Crippen molar-refractivity contribution < 1.29 is 5.11 Å². The molecule has 7 heteroatoms. The van der Waals surface area contributed by atoms with Crippen molar-refractivity contribution in [1.82, 2.24) is 20.2 Å². The second-order valence-corrected chi connectivity index (χ2v) is 5.28. The molecule has 6 nitrogen and oxygen atoms in total. The number of nitrogens with one attached hydrogen (secondary N) is 2. The molecule has 0 aliphatic carbocycles. The summed E-state index contributed by atoms with van der Waals surface area (Å²) in [5.74, 6) is 0.674.